The van der Waals surface area contributed by atoms with E-state index in [2.05, 4.69) is 6.92 Å². The normalized spacial score (nSPS) is 15.5. The molecule has 1 heterocycles. The second kappa shape index (κ2) is 9.70. The van der Waals surface area contributed by atoms with Crippen LogP contribution >= 0.6 is 0 Å². The third kappa shape index (κ3) is 4.84. The van der Waals surface area contributed by atoms with Gasteiger partial charge in [0.25, 0.3) is 5.91 Å². The number of benzene rings is 2. The number of nitriles is 1. The second-order valence-corrected chi connectivity index (χ2v) is 7.01. The minimum Gasteiger partial charge on any atom is -0.455 e. The van der Waals surface area contributed by atoms with Crippen LogP contribution in [0, 0.1) is 17.2 Å². The predicted molar refractivity (Wildman–Crippen MR) is 112 cm³/mol. The van der Waals surface area contributed by atoms with Crippen LogP contribution in [0.1, 0.15) is 18.9 Å². The molecule has 1 saturated heterocycles. The number of nitrogens with zero attached hydrogens (tertiary/aromatic N) is 3. The van der Waals surface area contributed by atoms with Gasteiger partial charge in [-0.3, -0.25) is 19.3 Å². The van der Waals surface area contributed by atoms with Crippen molar-refractivity contribution in [2.24, 2.45) is 5.92 Å². The molecule has 1 fully saturated rings. The lowest BCUT2D eigenvalue weighted by Gasteiger charge is -2.20. The molecular weight excluding hydrogens is 382 g/mol. The summed E-state index contributed by atoms with van der Waals surface area (Å²) in [6.07, 6.45) is 0.951. The molecule has 0 aliphatic carbocycles. The summed E-state index contributed by atoms with van der Waals surface area (Å²) in [5.41, 5.74) is 2.46. The van der Waals surface area contributed by atoms with Gasteiger partial charge in [0.1, 0.15) is 6.54 Å². The van der Waals surface area contributed by atoms with E-state index in [4.69, 9.17) is 10.00 Å². The Kier molecular flexibility index (Phi) is 6.81. The maximum Gasteiger partial charge on any atom is 0.311 e. The van der Waals surface area contributed by atoms with Gasteiger partial charge in [-0.05, 0) is 36.2 Å². The number of amides is 2. The summed E-state index contributed by atoms with van der Waals surface area (Å²) in [6, 6.07) is 18.3. The van der Waals surface area contributed by atoms with Gasteiger partial charge in [0.05, 0.1) is 12.0 Å². The van der Waals surface area contributed by atoms with Crippen LogP contribution in [0.2, 0.25) is 0 Å². The summed E-state index contributed by atoms with van der Waals surface area (Å²) in [5.74, 6) is -1.86. The molecule has 0 N–H and O–H groups in total. The average molecular weight is 405 g/mol. The van der Waals surface area contributed by atoms with Crippen molar-refractivity contribution in [3.05, 3.63) is 60.2 Å². The van der Waals surface area contributed by atoms with Crippen molar-refractivity contribution in [1.29, 1.82) is 5.26 Å². The van der Waals surface area contributed by atoms with Crippen LogP contribution in [0.25, 0.3) is 0 Å². The summed E-state index contributed by atoms with van der Waals surface area (Å²) in [4.78, 5) is 40.1. The molecule has 1 aliphatic heterocycles. The zero-order valence-electron chi connectivity index (χ0n) is 16.8. The molecule has 1 atom stereocenters. The minimum atomic E-state index is -0.628. The van der Waals surface area contributed by atoms with Gasteiger partial charge in [-0.2, -0.15) is 5.26 Å². The first-order chi connectivity index (χ1) is 14.5. The van der Waals surface area contributed by atoms with E-state index in [-0.39, 0.29) is 25.4 Å². The molecule has 1 aliphatic rings. The zero-order chi connectivity index (χ0) is 21.5. The van der Waals surface area contributed by atoms with E-state index >= 15 is 0 Å². The summed E-state index contributed by atoms with van der Waals surface area (Å²) < 4.78 is 5.19. The van der Waals surface area contributed by atoms with Gasteiger partial charge >= 0.3 is 5.97 Å². The Morgan fingerprint density at radius 2 is 1.87 bits per heavy atom. The van der Waals surface area contributed by atoms with E-state index in [0.29, 0.717) is 5.69 Å². The van der Waals surface area contributed by atoms with E-state index < -0.39 is 24.4 Å². The maximum atomic E-state index is 12.5. The first-order valence-corrected chi connectivity index (χ1v) is 9.81. The molecule has 2 aromatic rings. The number of anilines is 2. The summed E-state index contributed by atoms with van der Waals surface area (Å²) in [6.45, 7) is 1.64. The van der Waals surface area contributed by atoms with Crippen molar-refractivity contribution < 1.29 is 19.1 Å². The van der Waals surface area contributed by atoms with Crippen LogP contribution in [0.3, 0.4) is 0 Å². The Bertz CT molecular complexity index is 951. The lowest BCUT2D eigenvalue weighted by molar-refractivity contribution is -0.151. The third-order valence-corrected chi connectivity index (χ3v) is 5.05. The van der Waals surface area contributed by atoms with Crippen molar-refractivity contribution in [2.45, 2.75) is 19.8 Å². The first kappa shape index (κ1) is 21.1. The molecule has 2 aromatic carbocycles. The second-order valence-electron chi connectivity index (χ2n) is 7.01. The van der Waals surface area contributed by atoms with Crippen LogP contribution < -0.4 is 9.80 Å². The molecule has 0 saturated carbocycles. The molecule has 30 heavy (non-hydrogen) atoms. The van der Waals surface area contributed by atoms with E-state index in [0.717, 1.165) is 12.1 Å². The lowest BCUT2D eigenvalue weighted by Crippen LogP contribution is -2.36. The van der Waals surface area contributed by atoms with E-state index in [9.17, 15) is 14.4 Å². The van der Waals surface area contributed by atoms with Crippen molar-refractivity contribution in [3.8, 4) is 6.07 Å². The summed E-state index contributed by atoms with van der Waals surface area (Å²) in [5, 5.41) is 9.00. The van der Waals surface area contributed by atoms with Crippen molar-refractivity contribution in [3.63, 3.8) is 0 Å². The summed E-state index contributed by atoms with van der Waals surface area (Å²) >= 11 is 0. The van der Waals surface area contributed by atoms with Gasteiger partial charge in [-0.25, -0.2) is 0 Å². The molecule has 0 aromatic heterocycles. The number of aryl methyl sites for hydroxylation is 1. The molecule has 7 nitrogen and oxygen atoms in total. The van der Waals surface area contributed by atoms with Crippen molar-refractivity contribution in [1.82, 2.24) is 0 Å². The van der Waals surface area contributed by atoms with E-state index in [1.807, 2.05) is 30.3 Å². The Hall–Kier alpha value is -3.66. The molecule has 154 valence electrons. The van der Waals surface area contributed by atoms with Crippen LogP contribution in [-0.4, -0.2) is 37.5 Å². The van der Waals surface area contributed by atoms with Gasteiger partial charge < -0.3 is 9.64 Å². The molecule has 1 unspecified atom stereocenters. The Labute approximate surface area is 175 Å². The summed E-state index contributed by atoms with van der Waals surface area (Å²) in [7, 11) is 0. The fourth-order valence-corrected chi connectivity index (χ4v) is 3.36. The number of para-hydroxylation sites is 1. The minimum absolute atomic E-state index is 0.0448. The molecule has 0 bridgehead atoms. The number of rotatable bonds is 7. The number of hydrogen-bond donors (Lipinski definition) is 0. The topological polar surface area (TPSA) is 90.7 Å². The smallest absolute Gasteiger partial charge is 0.311 e. The van der Waals surface area contributed by atoms with Crippen LogP contribution in [0.15, 0.2) is 54.6 Å². The largest absolute Gasteiger partial charge is 0.455 e. The Morgan fingerprint density at radius 3 is 2.50 bits per heavy atom. The number of ether oxygens (including phenoxy) is 1. The van der Waals surface area contributed by atoms with Gasteiger partial charge in [0.15, 0.2) is 6.61 Å². The standard InChI is InChI=1S/C23H23N3O4/c1-2-17-8-10-20(11-9-17)26-15-18(14-21(26)27)23(29)30-16-22(28)25(13-12-24)19-6-4-3-5-7-19/h3-11,18H,2,13-16H2,1H3. The van der Waals surface area contributed by atoms with E-state index in [1.165, 1.54) is 10.5 Å². The van der Waals surface area contributed by atoms with Gasteiger partial charge in [-0.1, -0.05) is 37.3 Å². The predicted octanol–water partition coefficient (Wildman–Crippen LogP) is 2.70. The Morgan fingerprint density at radius 1 is 1.17 bits per heavy atom. The highest BCUT2D eigenvalue weighted by Crippen LogP contribution is 2.26. The third-order valence-electron chi connectivity index (χ3n) is 5.05. The Balaban J connectivity index is 1.58. The van der Waals surface area contributed by atoms with E-state index in [1.54, 1.807) is 35.2 Å². The fraction of sp³-hybridized carbons (Fsp3) is 0.304. The van der Waals surface area contributed by atoms with Gasteiger partial charge in [-0.15, -0.1) is 0 Å². The highest BCUT2D eigenvalue weighted by molar-refractivity contribution is 6.00. The average Bonchev–Trinajstić information content (AvgIpc) is 3.18. The van der Waals surface area contributed by atoms with Crippen molar-refractivity contribution in [2.75, 3.05) is 29.5 Å². The maximum absolute atomic E-state index is 12.5. The SMILES string of the molecule is CCc1ccc(N2CC(C(=O)OCC(=O)N(CC#N)c3ccccc3)CC2=O)cc1. The zero-order valence-corrected chi connectivity index (χ0v) is 16.8. The first-order valence-electron chi connectivity index (χ1n) is 9.81. The highest BCUT2D eigenvalue weighted by atomic mass is 16.5. The fourth-order valence-electron chi connectivity index (χ4n) is 3.36. The van der Waals surface area contributed by atoms with Gasteiger partial charge in [0.2, 0.25) is 5.91 Å². The van der Waals surface area contributed by atoms with Crippen LogP contribution in [0.5, 0.6) is 0 Å². The number of hydrogen-bond acceptors (Lipinski definition) is 5. The van der Waals surface area contributed by atoms with Crippen molar-refractivity contribution >= 4 is 29.2 Å². The lowest BCUT2D eigenvalue weighted by atomic mass is 10.1. The molecular formula is C23H23N3O4. The molecule has 0 spiro atoms. The van der Waals surface area contributed by atoms with Crippen LogP contribution in [-0.2, 0) is 25.5 Å². The monoisotopic (exact) mass is 405 g/mol. The quantitative estimate of drug-likeness (QED) is 0.522. The van der Waals surface area contributed by atoms with Gasteiger partial charge in [0, 0.05) is 24.3 Å². The molecule has 0 radical (unpaired) electrons. The number of carbonyl (C=O) groups excluding carboxylic acids is 3. The molecule has 3 rings (SSSR count). The number of esters is 1. The number of carbonyl (C=O) groups is 3. The molecule has 7 heteroatoms. The molecule has 2 amide bonds. The highest BCUT2D eigenvalue weighted by Gasteiger charge is 2.36. The van der Waals surface area contributed by atoms with Crippen LogP contribution in [0.4, 0.5) is 11.4 Å².